The number of Topliss-reactive ketones (excluding diaryl/α,β-unsaturated/α-hetero) is 1. The van der Waals surface area contributed by atoms with E-state index in [2.05, 4.69) is 54.9 Å². The topological polar surface area (TPSA) is 66.2 Å². The highest BCUT2D eigenvalue weighted by Crippen LogP contribution is 2.37. The van der Waals surface area contributed by atoms with Crippen LogP contribution in [0, 0.1) is 0 Å². The smallest absolute Gasteiger partial charge is 0.192 e. The van der Waals surface area contributed by atoms with E-state index in [1.54, 1.807) is 10.9 Å². The summed E-state index contributed by atoms with van der Waals surface area (Å²) in [7, 11) is -1.86. The Labute approximate surface area is 186 Å². The van der Waals surface area contributed by atoms with Crippen LogP contribution in [-0.4, -0.2) is 35.5 Å². The first kappa shape index (κ1) is 22.6. The highest BCUT2D eigenvalue weighted by Gasteiger charge is 2.37. The summed E-state index contributed by atoms with van der Waals surface area (Å²) in [6.07, 6.45) is 1.73. The van der Waals surface area contributed by atoms with E-state index >= 15 is 0 Å². The van der Waals surface area contributed by atoms with Gasteiger partial charge in [-0.3, -0.25) is 4.79 Å². The van der Waals surface area contributed by atoms with E-state index in [1.807, 2.05) is 30.3 Å². The summed E-state index contributed by atoms with van der Waals surface area (Å²) in [4.78, 5) is 16.1. The minimum absolute atomic E-state index is 0.0231. The van der Waals surface area contributed by atoms with Crippen LogP contribution in [0.2, 0.25) is 18.1 Å². The van der Waals surface area contributed by atoms with Crippen LogP contribution in [-0.2, 0) is 15.8 Å². The third-order valence-electron chi connectivity index (χ3n) is 5.44. The van der Waals surface area contributed by atoms with Gasteiger partial charge in [0.05, 0.1) is 29.4 Å². The Bertz CT molecular complexity index is 1070. The predicted octanol–water partition coefficient (Wildman–Crippen LogP) is 5.67. The number of pyridine rings is 1. The first-order chi connectivity index (χ1) is 14.0. The molecule has 0 unspecified atom stereocenters. The van der Waals surface area contributed by atoms with E-state index in [4.69, 9.17) is 14.1 Å². The maximum atomic E-state index is 11.3. The molecule has 0 bridgehead atoms. The average molecular weight is 490 g/mol. The summed E-state index contributed by atoms with van der Waals surface area (Å²) < 4.78 is 14.6. The van der Waals surface area contributed by atoms with Gasteiger partial charge in [0.1, 0.15) is 12.4 Å². The number of hydrogen-bond donors (Lipinski definition) is 0. The molecular weight excluding hydrogens is 462 g/mol. The van der Waals surface area contributed by atoms with E-state index in [0.29, 0.717) is 18.2 Å². The van der Waals surface area contributed by atoms with Crippen molar-refractivity contribution in [2.24, 2.45) is 0 Å². The Kier molecular flexibility index (Phi) is 6.50. The molecule has 0 saturated heterocycles. The van der Waals surface area contributed by atoms with Crippen molar-refractivity contribution in [1.29, 1.82) is 0 Å². The lowest BCUT2D eigenvalue weighted by Crippen LogP contribution is -2.40. The summed E-state index contributed by atoms with van der Waals surface area (Å²) in [6, 6.07) is 9.65. The first-order valence-electron chi connectivity index (χ1n) is 9.88. The molecule has 160 valence electrons. The molecule has 6 nitrogen and oxygen atoms in total. The number of ketones is 1. The van der Waals surface area contributed by atoms with Gasteiger partial charge in [0.2, 0.25) is 0 Å². The van der Waals surface area contributed by atoms with Gasteiger partial charge in [-0.2, -0.15) is 5.10 Å². The second-order valence-corrected chi connectivity index (χ2v) is 14.6. The second kappa shape index (κ2) is 8.61. The maximum absolute atomic E-state index is 11.3. The fourth-order valence-electron chi connectivity index (χ4n) is 2.68. The van der Waals surface area contributed by atoms with Crippen LogP contribution >= 0.6 is 15.9 Å². The molecular formula is C22H28BrN3O3Si. The van der Waals surface area contributed by atoms with Gasteiger partial charge in [0.25, 0.3) is 0 Å². The monoisotopic (exact) mass is 489 g/mol. The first-order valence-corrected chi connectivity index (χ1v) is 13.6. The fraction of sp³-hybridized carbons (Fsp3) is 0.409. The van der Waals surface area contributed by atoms with Crippen LogP contribution < -0.4 is 4.74 Å². The lowest BCUT2D eigenvalue weighted by Gasteiger charge is -2.36. The SMILES string of the molecule is CC(=O)COc1cc(Br)cc2c1cnn2-c1cccc(CO[Si](C)(C)C(C)(C)C)n1. The Balaban J connectivity index is 1.91. The molecule has 30 heavy (non-hydrogen) atoms. The van der Waals surface area contributed by atoms with Gasteiger partial charge >= 0.3 is 0 Å². The number of carbonyl (C=O) groups excluding carboxylic acids is 1. The summed E-state index contributed by atoms with van der Waals surface area (Å²) >= 11 is 3.52. The standard InChI is InChI=1S/C22H28BrN3O3Si/c1-15(27)13-28-20-11-16(23)10-19-18(20)12-24-26(19)21-9-7-8-17(25-21)14-29-30(5,6)22(2,3)4/h7-12H,13-14H2,1-6H3. The molecule has 0 atom stereocenters. The Hall–Kier alpha value is -2.03. The van der Waals surface area contributed by atoms with Crippen molar-refractivity contribution in [2.45, 2.75) is 52.4 Å². The van der Waals surface area contributed by atoms with Crippen LogP contribution in [0.5, 0.6) is 5.75 Å². The van der Waals surface area contributed by atoms with Crippen molar-refractivity contribution in [3.63, 3.8) is 0 Å². The molecule has 0 spiro atoms. The van der Waals surface area contributed by atoms with E-state index in [9.17, 15) is 4.79 Å². The van der Waals surface area contributed by atoms with E-state index < -0.39 is 8.32 Å². The molecule has 0 N–H and O–H groups in total. The van der Waals surface area contributed by atoms with E-state index in [-0.39, 0.29) is 17.4 Å². The number of carbonyl (C=O) groups is 1. The molecule has 0 aliphatic heterocycles. The third-order valence-corrected chi connectivity index (χ3v) is 10.4. The third kappa shape index (κ3) is 4.99. The molecule has 0 aliphatic carbocycles. The highest BCUT2D eigenvalue weighted by molar-refractivity contribution is 9.10. The number of hydrogen-bond acceptors (Lipinski definition) is 5. The summed E-state index contributed by atoms with van der Waals surface area (Å²) in [5, 5.41) is 5.49. The zero-order valence-electron chi connectivity index (χ0n) is 18.3. The molecule has 3 aromatic rings. The van der Waals surface area contributed by atoms with Crippen molar-refractivity contribution in [2.75, 3.05) is 6.61 Å². The number of halogens is 1. The number of fused-ring (bicyclic) bond motifs is 1. The largest absolute Gasteiger partial charge is 0.485 e. The lowest BCUT2D eigenvalue weighted by molar-refractivity contribution is -0.118. The zero-order chi connectivity index (χ0) is 22.1. The average Bonchev–Trinajstić information content (AvgIpc) is 3.07. The van der Waals surface area contributed by atoms with Crippen molar-refractivity contribution < 1.29 is 14.0 Å². The van der Waals surface area contributed by atoms with E-state index in [0.717, 1.165) is 21.1 Å². The highest BCUT2D eigenvalue weighted by atomic mass is 79.9. The van der Waals surface area contributed by atoms with Gasteiger partial charge in [0.15, 0.2) is 19.9 Å². The summed E-state index contributed by atoms with van der Waals surface area (Å²) in [5.41, 5.74) is 1.71. The van der Waals surface area contributed by atoms with Gasteiger partial charge in [-0.25, -0.2) is 9.67 Å². The second-order valence-electron chi connectivity index (χ2n) is 8.92. The van der Waals surface area contributed by atoms with Crippen LogP contribution in [0.15, 0.2) is 41.0 Å². The quantitative estimate of drug-likeness (QED) is 0.399. The number of aromatic nitrogens is 3. The molecule has 3 rings (SSSR count). The molecule has 0 aliphatic rings. The Morgan fingerprint density at radius 3 is 2.63 bits per heavy atom. The minimum atomic E-state index is -1.86. The fourth-order valence-corrected chi connectivity index (χ4v) is 4.05. The van der Waals surface area contributed by atoms with Crippen LogP contribution in [0.1, 0.15) is 33.4 Å². The van der Waals surface area contributed by atoms with Gasteiger partial charge < -0.3 is 9.16 Å². The van der Waals surface area contributed by atoms with Crippen molar-refractivity contribution in [3.05, 3.63) is 46.7 Å². The van der Waals surface area contributed by atoms with Crippen LogP contribution in [0.3, 0.4) is 0 Å². The molecule has 0 saturated carbocycles. The maximum Gasteiger partial charge on any atom is 0.192 e. The van der Waals surface area contributed by atoms with E-state index in [1.165, 1.54) is 6.92 Å². The van der Waals surface area contributed by atoms with Crippen molar-refractivity contribution >= 4 is 40.9 Å². The summed E-state index contributed by atoms with van der Waals surface area (Å²) in [5.74, 6) is 1.28. The molecule has 2 aromatic heterocycles. The van der Waals surface area contributed by atoms with Gasteiger partial charge in [-0.05, 0) is 49.3 Å². The molecule has 1 aromatic carbocycles. The zero-order valence-corrected chi connectivity index (χ0v) is 20.9. The molecule has 0 radical (unpaired) electrons. The molecule has 0 fully saturated rings. The number of ether oxygens (including phenoxy) is 1. The van der Waals surface area contributed by atoms with Gasteiger partial charge in [-0.1, -0.05) is 42.8 Å². The van der Waals surface area contributed by atoms with Crippen LogP contribution in [0.4, 0.5) is 0 Å². The predicted molar refractivity (Wildman–Crippen MR) is 125 cm³/mol. The summed E-state index contributed by atoms with van der Waals surface area (Å²) in [6.45, 7) is 13.1. The van der Waals surface area contributed by atoms with Crippen molar-refractivity contribution in [3.8, 4) is 11.6 Å². The van der Waals surface area contributed by atoms with Crippen molar-refractivity contribution in [1.82, 2.24) is 14.8 Å². The number of nitrogens with zero attached hydrogens (tertiary/aromatic N) is 3. The molecule has 8 heteroatoms. The van der Waals surface area contributed by atoms with Crippen LogP contribution in [0.25, 0.3) is 16.7 Å². The Morgan fingerprint density at radius 2 is 1.97 bits per heavy atom. The lowest BCUT2D eigenvalue weighted by atomic mass is 10.2. The number of benzene rings is 1. The molecule has 2 heterocycles. The van der Waals surface area contributed by atoms with Gasteiger partial charge in [-0.15, -0.1) is 0 Å². The normalized spacial score (nSPS) is 12.4. The number of rotatable bonds is 7. The molecule has 0 amide bonds. The minimum Gasteiger partial charge on any atom is -0.485 e. The Morgan fingerprint density at radius 1 is 1.23 bits per heavy atom. The van der Waals surface area contributed by atoms with Gasteiger partial charge in [0, 0.05) is 4.47 Å².